The largest absolute Gasteiger partial charge is 0.493 e. The highest BCUT2D eigenvalue weighted by Gasteiger charge is 2.16. The Morgan fingerprint density at radius 2 is 1.88 bits per heavy atom. The molecule has 2 heteroatoms. The van der Waals surface area contributed by atoms with E-state index in [1.807, 2.05) is 24.3 Å². The minimum absolute atomic E-state index is 0.529. The number of hydrogen-bond donors (Lipinski definition) is 1. The Kier molecular flexibility index (Phi) is 4.58. The molecular weight excluding hydrogens is 212 g/mol. The van der Waals surface area contributed by atoms with Crippen LogP contribution in [0.2, 0.25) is 0 Å². The van der Waals surface area contributed by atoms with Crippen molar-refractivity contribution in [3.63, 3.8) is 0 Å². The zero-order valence-corrected chi connectivity index (χ0v) is 11.5. The van der Waals surface area contributed by atoms with Crippen LogP contribution in [-0.4, -0.2) is 11.7 Å². The molecule has 1 atom stereocenters. The molecule has 0 amide bonds. The fourth-order valence-corrected chi connectivity index (χ4v) is 1.39. The van der Waals surface area contributed by atoms with Gasteiger partial charge in [-0.2, -0.15) is 0 Å². The van der Waals surface area contributed by atoms with Gasteiger partial charge in [0, 0.05) is 0 Å². The van der Waals surface area contributed by atoms with Gasteiger partial charge >= 0.3 is 0 Å². The molecule has 1 aromatic rings. The van der Waals surface area contributed by atoms with E-state index < -0.39 is 5.60 Å². The Labute approximate surface area is 105 Å². The van der Waals surface area contributed by atoms with Gasteiger partial charge in [-0.3, -0.25) is 0 Å². The van der Waals surface area contributed by atoms with E-state index >= 15 is 0 Å². The van der Waals surface area contributed by atoms with Gasteiger partial charge in [-0.25, -0.2) is 0 Å². The van der Waals surface area contributed by atoms with E-state index in [-0.39, 0.29) is 0 Å². The van der Waals surface area contributed by atoms with Crippen LogP contribution in [0.5, 0.6) is 5.75 Å². The summed E-state index contributed by atoms with van der Waals surface area (Å²) in [6.45, 7) is 10.9. The van der Waals surface area contributed by atoms with E-state index in [1.54, 1.807) is 13.8 Å². The lowest BCUT2D eigenvalue weighted by molar-refractivity contribution is 0.0781. The second-order valence-electron chi connectivity index (χ2n) is 5.62. The first-order valence-electron chi connectivity index (χ1n) is 6.26. The van der Waals surface area contributed by atoms with Crippen LogP contribution in [0.1, 0.15) is 40.2 Å². The number of hydrogen-bond acceptors (Lipinski definition) is 2. The van der Waals surface area contributed by atoms with E-state index in [4.69, 9.17) is 4.74 Å². The van der Waals surface area contributed by atoms with E-state index in [0.717, 1.165) is 11.3 Å². The summed E-state index contributed by atoms with van der Waals surface area (Å²) in [6.07, 6.45) is 0. The van der Waals surface area contributed by atoms with Crippen molar-refractivity contribution in [2.45, 2.75) is 40.2 Å². The van der Waals surface area contributed by atoms with Crippen molar-refractivity contribution < 1.29 is 9.84 Å². The normalized spacial score (nSPS) is 13.8. The molecule has 0 saturated carbocycles. The monoisotopic (exact) mass is 236 g/mol. The smallest absolute Gasteiger partial charge is 0.119 e. The van der Waals surface area contributed by atoms with Gasteiger partial charge in [0.2, 0.25) is 0 Å². The van der Waals surface area contributed by atoms with Gasteiger partial charge in [0.1, 0.15) is 5.75 Å². The Morgan fingerprint density at radius 1 is 1.24 bits per heavy atom. The zero-order chi connectivity index (χ0) is 13.1. The lowest BCUT2D eigenvalue weighted by atomic mass is 9.98. The first kappa shape index (κ1) is 14.0. The van der Waals surface area contributed by atoms with Gasteiger partial charge < -0.3 is 9.84 Å². The predicted molar refractivity (Wildman–Crippen MR) is 71.2 cm³/mol. The average molecular weight is 236 g/mol. The molecule has 1 aromatic carbocycles. The SMILES string of the molecule is CC(C)[C@@H](C)COc1cccc(C(C)(C)O)c1. The van der Waals surface area contributed by atoms with Crippen molar-refractivity contribution in [2.24, 2.45) is 11.8 Å². The third-order valence-electron chi connectivity index (χ3n) is 3.19. The van der Waals surface area contributed by atoms with Gasteiger partial charge in [-0.15, -0.1) is 0 Å². The second kappa shape index (κ2) is 5.54. The second-order valence-corrected chi connectivity index (χ2v) is 5.62. The third kappa shape index (κ3) is 4.39. The lowest BCUT2D eigenvalue weighted by Crippen LogP contribution is -2.16. The summed E-state index contributed by atoms with van der Waals surface area (Å²) in [5, 5.41) is 9.92. The number of benzene rings is 1. The summed E-state index contributed by atoms with van der Waals surface area (Å²) in [4.78, 5) is 0. The minimum atomic E-state index is -0.816. The van der Waals surface area contributed by atoms with Gasteiger partial charge in [-0.1, -0.05) is 32.9 Å². The Balaban J connectivity index is 2.67. The van der Waals surface area contributed by atoms with Crippen molar-refractivity contribution in [1.29, 1.82) is 0 Å². The first-order chi connectivity index (χ1) is 7.80. The maximum Gasteiger partial charge on any atom is 0.119 e. The van der Waals surface area contributed by atoms with Crippen LogP contribution < -0.4 is 4.74 Å². The molecular formula is C15H24O2. The topological polar surface area (TPSA) is 29.5 Å². The summed E-state index contributed by atoms with van der Waals surface area (Å²) >= 11 is 0. The van der Waals surface area contributed by atoms with Gasteiger partial charge in [-0.05, 0) is 43.4 Å². The van der Waals surface area contributed by atoms with Crippen molar-refractivity contribution in [2.75, 3.05) is 6.61 Å². The van der Waals surface area contributed by atoms with Crippen molar-refractivity contribution in [3.8, 4) is 5.75 Å². The molecule has 0 heterocycles. The minimum Gasteiger partial charge on any atom is -0.493 e. The Morgan fingerprint density at radius 3 is 2.41 bits per heavy atom. The molecule has 17 heavy (non-hydrogen) atoms. The average Bonchev–Trinajstić information content (AvgIpc) is 2.25. The summed E-state index contributed by atoms with van der Waals surface area (Å²) in [7, 11) is 0. The molecule has 0 fully saturated rings. The molecule has 0 saturated heterocycles. The molecule has 0 aliphatic heterocycles. The van der Waals surface area contributed by atoms with E-state index in [9.17, 15) is 5.11 Å². The summed E-state index contributed by atoms with van der Waals surface area (Å²) in [5.41, 5.74) is 0.0652. The van der Waals surface area contributed by atoms with Crippen molar-refractivity contribution >= 4 is 0 Å². The van der Waals surface area contributed by atoms with Gasteiger partial charge in [0.25, 0.3) is 0 Å². The molecule has 1 rings (SSSR count). The lowest BCUT2D eigenvalue weighted by Gasteiger charge is -2.20. The fourth-order valence-electron chi connectivity index (χ4n) is 1.39. The van der Waals surface area contributed by atoms with Crippen molar-refractivity contribution in [3.05, 3.63) is 29.8 Å². The van der Waals surface area contributed by atoms with Crippen LogP contribution >= 0.6 is 0 Å². The molecule has 0 radical (unpaired) electrons. The molecule has 1 N–H and O–H groups in total. The highest BCUT2D eigenvalue weighted by molar-refractivity contribution is 5.31. The molecule has 0 bridgehead atoms. The number of rotatable bonds is 5. The van der Waals surface area contributed by atoms with E-state index in [2.05, 4.69) is 20.8 Å². The summed E-state index contributed by atoms with van der Waals surface area (Å²) < 4.78 is 5.75. The van der Waals surface area contributed by atoms with E-state index in [0.29, 0.717) is 18.4 Å². The highest BCUT2D eigenvalue weighted by atomic mass is 16.5. The van der Waals surface area contributed by atoms with Crippen molar-refractivity contribution in [1.82, 2.24) is 0 Å². The van der Waals surface area contributed by atoms with Crippen LogP contribution in [0.25, 0.3) is 0 Å². The Bertz CT molecular complexity index is 350. The van der Waals surface area contributed by atoms with Gasteiger partial charge in [0.15, 0.2) is 0 Å². The number of ether oxygens (including phenoxy) is 1. The molecule has 0 unspecified atom stereocenters. The van der Waals surface area contributed by atoms with Crippen LogP contribution in [0.3, 0.4) is 0 Å². The number of aliphatic hydroxyl groups is 1. The first-order valence-corrected chi connectivity index (χ1v) is 6.26. The zero-order valence-electron chi connectivity index (χ0n) is 11.5. The quantitative estimate of drug-likeness (QED) is 0.846. The molecule has 0 spiro atoms. The Hall–Kier alpha value is -1.02. The molecule has 0 aliphatic rings. The predicted octanol–water partition coefficient (Wildman–Crippen LogP) is 3.58. The van der Waals surface area contributed by atoms with E-state index in [1.165, 1.54) is 0 Å². The molecule has 96 valence electrons. The maximum absolute atomic E-state index is 9.92. The summed E-state index contributed by atoms with van der Waals surface area (Å²) in [5.74, 6) is 1.98. The van der Waals surface area contributed by atoms with Gasteiger partial charge in [0.05, 0.1) is 12.2 Å². The maximum atomic E-state index is 9.92. The summed E-state index contributed by atoms with van der Waals surface area (Å²) in [6, 6.07) is 7.68. The third-order valence-corrected chi connectivity index (χ3v) is 3.19. The molecule has 0 aromatic heterocycles. The van der Waals surface area contributed by atoms with Crippen LogP contribution in [0.15, 0.2) is 24.3 Å². The molecule has 0 aliphatic carbocycles. The standard InChI is InChI=1S/C15H24O2/c1-11(2)12(3)10-17-14-8-6-7-13(9-14)15(4,5)16/h6-9,11-12,16H,10H2,1-5H3/t12-/m0/s1. The fraction of sp³-hybridized carbons (Fsp3) is 0.600. The van der Waals surface area contributed by atoms with Crippen LogP contribution in [0.4, 0.5) is 0 Å². The van der Waals surface area contributed by atoms with Crippen LogP contribution in [0, 0.1) is 11.8 Å². The molecule has 2 nitrogen and oxygen atoms in total. The van der Waals surface area contributed by atoms with Crippen LogP contribution in [-0.2, 0) is 5.60 Å². The highest BCUT2D eigenvalue weighted by Crippen LogP contribution is 2.24.